The van der Waals surface area contributed by atoms with Crippen molar-refractivity contribution in [1.82, 2.24) is 4.37 Å². The third-order valence-corrected chi connectivity index (χ3v) is 3.50. The number of esters is 1. The molecule has 4 nitrogen and oxygen atoms in total. The molecule has 2 rings (SSSR count). The molecule has 0 bridgehead atoms. The van der Waals surface area contributed by atoms with Gasteiger partial charge >= 0.3 is 12.1 Å². The van der Waals surface area contributed by atoms with Crippen LogP contribution in [0.15, 0.2) is 24.3 Å². The number of carbonyl (C=O) groups excluding carboxylic acids is 1. The third-order valence-electron chi connectivity index (χ3n) is 2.65. The van der Waals surface area contributed by atoms with E-state index in [-0.39, 0.29) is 28.4 Å². The summed E-state index contributed by atoms with van der Waals surface area (Å²) >= 11 is 0.802. The summed E-state index contributed by atoms with van der Waals surface area (Å²) in [5.41, 5.74) is 5.37. The fraction of sp³-hybridized carbons (Fsp3) is 0.231. The van der Waals surface area contributed by atoms with Crippen LogP contribution < -0.4 is 5.73 Å². The lowest BCUT2D eigenvalue weighted by Gasteiger charge is -2.08. The number of benzene rings is 1. The van der Waals surface area contributed by atoms with Gasteiger partial charge in [0.25, 0.3) is 0 Å². The van der Waals surface area contributed by atoms with Gasteiger partial charge in [-0.3, -0.25) is 0 Å². The van der Waals surface area contributed by atoms with E-state index in [1.807, 2.05) is 0 Å². The van der Waals surface area contributed by atoms with Crippen LogP contribution in [0.3, 0.4) is 0 Å². The van der Waals surface area contributed by atoms with Gasteiger partial charge in [-0.2, -0.15) is 17.5 Å². The minimum atomic E-state index is -4.45. The van der Waals surface area contributed by atoms with Gasteiger partial charge in [0.2, 0.25) is 0 Å². The second-order valence-electron chi connectivity index (χ2n) is 4.07. The van der Waals surface area contributed by atoms with Crippen molar-refractivity contribution in [2.45, 2.75) is 13.1 Å². The van der Waals surface area contributed by atoms with Gasteiger partial charge in [0.05, 0.1) is 17.9 Å². The van der Waals surface area contributed by atoms with E-state index in [1.165, 1.54) is 12.1 Å². The van der Waals surface area contributed by atoms with E-state index < -0.39 is 17.7 Å². The van der Waals surface area contributed by atoms with Crippen LogP contribution in [0, 0.1) is 0 Å². The number of halogens is 3. The summed E-state index contributed by atoms with van der Waals surface area (Å²) in [5.74, 6) is -0.634. The normalized spacial score (nSPS) is 11.4. The lowest BCUT2D eigenvalue weighted by atomic mass is 10.1. The lowest BCUT2D eigenvalue weighted by Crippen LogP contribution is -2.06. The van der Waals surface area contributed by atoms with Gasteiger partial charge in [0, 0.05) is 5.56 Å². The van der Waals surface area contributed by atoms with Gasteiger partial charge in [0.1, 0.15) is 5.69 Å². The molecule has 1 aromatic heterocycles. The quantitative estimate of drug-likeness (QED) is 0.879. The SMILES string of the molecule is CCOC(=O)c1snc(-c2cccc(C(F)(F)F)c2)c1N. The molecule has 0 saturated heterocycles. The van der Waals surface area contributed by atoms with E-state index >= 15 is 0 Å². The fourth-order valence-corrected chi connectivity index (χ4v) is 2.41. The zero-order valence-electron chi connectivity index (χ0n) is 10.9. The molecule has 0 aliphatic heterocycles. The van der Waals surface area contributed by atoms with E-state index in [0.29, 0.717) is 0 Å². The molecule has 1 heterocycles. The minimum absolute atomic E-state index is 0.0257. The Kier molecular flexibility index (Phi) is 4.17. The van der Waals surface area contributed by atoms with Crippen molar-refractivity contribution in [2.75, 3.05) is 12.3 Å². The van der Waals surface area contributed by atoms with Gasteiger partial charge in [-0.25, -0.2) is 4.79 Å². The fourth-order valence-electron chi connectivity index (χ4n) is 1.69. The van der Waals surface area contributed by atoms with Crippen LogP contribution in [0.25, 0.3) is 11.3 Å². The number of rotatable bonds is 3. The molecule has 1 aromatic carbocycles. The molecular formula is C13H11F3N2O2S. The Morgan fingerprint density at radius 3 is 2.76 bits per heavy atom. The molecule has 0 aliphatic carbocycles. The molecule has 0 saturated carbocycles. The Balaban J connectivity index is 2.42. The highest BCUT2D eigenvalue weighted by atomic mass is 32.1. The number of aromatic nitrogens is 1. The Morgan fingerprint density at radius 1 is 1.43 bits per heavy atom. The van der Waals surface area contributed by atoms with Crippen LogP contribution in [-0.2, 0) is 10.9 Å². The second-order valence-corrected chi connectivity index (χ2v) is 4.85. The number of nitrogens with two attached hydrogens (primary N) is 1. The van der Waals surface area contributed by atoms with Gasteiger partial charge in [-0.05, 0) is 30.6 Å². The molecule has 0 amide bonds. The molecular weight excluding hydrogens is 305 g/mol. The van der Waals surface area contributed by atoms with Crippen LogP contribution >= 0.6 is 11.5 Å². The topological polar surface area (TPSA) is 65.2 Å². The van der Waals surface area contributed by atoms with Crippen molar-refractivity contribution in [2.24, 2.45) is 0 Å². The van der Waals surface area contributed by atoms with E-state index in [9.17, 15) is 18.0 Å². The number of nitrogens with zero attached hydrogens (tertiary/aromatic N) is 1. The van der Waals surface area contributed by atoms with Crippen molar-refractivity contribution >= 4 is 23.2 Å². The highest BCUT2D eigenvalue weighted by molar-refractivity contribution is 7.09. The molecule has 0 spiro atoms. The molecule has 2 N–H and O–H groups in total. The molecule has 112 valence electrons. The summed E-state index contributed by atoms with van der Waals surface area (Å²) in [5, 5.41) is 0. The molecule has 2 aromatic rings. The summed E-state index contributed by atoms with van der Waals surface area (Å²) in [6.45, 7) is 1.82. The van der Waals surface area contributed by atoms with Crippen LogP contribution in [0.2, 0.25) is 0 Å². The monoisotopic (exact) mass is 316 g/mol. The highest BCUT2D eigenvalue weighted by Gasteiger charge is 2.31. The van der Waals surface area contributed by atoms with Crippen molar-refractivity contribution in [3.8, 4) is 11.3 Å². The van der Waals surface area contributed by atoms with Crippen LogP contribution in [0.1, 0.15) is 22.2 Å². The first-order valence-corrected chi connectivity index (χ1v) is 6.71. The van der Waals surface area contributed by atoms with Crippen molar-refractivity contribution in [3.63, 3.8) is 0 Å². The van der Waals surface area contributed by atoms with Crippen molar-refractivity contribution < 1.29 is 22.7 Å². The van der Waals surface area contributed by atoms with E-state index in [2.05, 4.69) is 4.37 Å². The Hall–Kier alpha value is -2.09. The zero-order chi connectivity index (χ0) is 15.6. The first-order valence-electron chi connectivity index (χ1n) is 5.94. The Morgan fingerprint density at radius 2 is 2.14 bits per heavy atom. The number of hydrogen-bond acceptors (Lipinski definition) is 5. The average Bonchev–Trinajstić information content (AvgIpc) is 2.80. The van der Waals surface area contributed by atoms with Crippen LogP contribution in [0.5, 0.6) is 0 Å². The first kappa shape index (κ1) is 15.3. The minimum Gasteiger partial charge on any atom is -0.462 e. The number of carbonyl (C=O) groups is 1. The van der Waals surface area contributed by atoms with Gasteiger partial charge in [-0.1, -0.05) is 12.1 Å². The second kappa shape index (κ2) is 5.72. The van der Waals surface area contributed by atoms with Gasteiger partial charge < -0.3 is 10.5 Å². The zero-order valence-corrected chi connectivity index (χ0v) is 11.7. The molecule has 0 unspecified atom stereocenters. The lowest BCUT2D eigenvalue weighted by molar-refractivity contribution is -0.137. The van der Waals surface area contributed by atoms with Gasteiger partial charge in [0.15, 0.2) is 4.88 Å². The molecule has 0 radical (unpaired) electrons. The summed E-state index contributed by atoms with van der Waals surface area (Å²) in [7, 11) is 0. The van der Waals surface area contributed by atoms with Crippen molar-refractivity contribution in [3.05, 3.63) is 34.7 Å². The number of nitrogen functional groups attached to an aromatic ring is 1. The highest BCUT2D eigenvalue weighted by Crippen LogP contribution is 2.35. The third kappa shape index (κ3) is 3.15. The molecule has 21 heavy (non-hydrogen) atoms. The van der Waals surface area contributed by atoms with Crippen LogP contribution in [-0.4, -0.2) is 16.9 Å². The smallest absolute Gasteiger partial charge is 0.416 e. The number of alkyl halides is 3. The summed E-state index contributed by atoms with van der Waals surface area (Å²) < 4.78 is 46.9. The predicted octanol–water partition coefficient (Wildman–Crippen LogP) is 3.59. The van der Waals surface area contributed by atoms with Crippen molar-refractivity contribution in [1.29, 1.82) is 0 Å². The maximum atomic E-state index is 12.7. The summed E-state index contributed by atoms with van der Waals surface area (Å²) in [6, 6.07) is 4.62. The Bertz CT molecular complexity index is 668. The average molecular weight is 316 g/mol. The van der Waals surface area contributed by atoms with E-state index in [4.69, 9.17) is 10.5 Å². The molecule has 8 heteroatoms. The largest absolute Gasteiger partial charge is 0.462 e. The Labute approximate surface area is 122 Å². The van der Waals surface area contributed by atoms with Crippen LogP contribution in [0.4, 0.5) is 18.9 Å². The maximum Gasteiger partial charge on any atom is 0.416 e. The first-order chi connectivity index (χ1) is 9.84. The number of hydrogen-bond donors (Lipinski definition) is 1. The number of ether oxygens (including phenoxy) is 1. The maximum absolute atomic E-state index is 12.7. The van der Waals surface area contributed by atoms with E-state index in [0.717, 1.165) is 23.7 Å². The molecule has 0 atom stereocenters. The standard InChI is InChI=1S/C13H11F3N2O2S/c1-2-20-12(19)11-9(17)10(18-21-11)7-4-3-5-8(6-7)13(14,15)16/h3-6H,2,17H2,1H3. The summed E-state index contributed by atoms with van der Waals surface area (Å²) in [6.07, 6.45) is -4.45. The summed E-state index contributed by atoms with van der Waals surface area (Å²) in [4.78, 5) is 11.7. The molecule has 0 aliphatic rings. The van der Waals surface area contributed by atoms with E-state index in [1.54, 1.807) is 6.92 Å². The number of anilines is 1. The van der Waals surface area contributed by atoms with Gasteiger partial charge in [-0.15, -0.1) is 0 Å². The molecule has 0 fully saturated rings. The predicted molar refractivity (Wildman–Crippen MR) is 72.9 cm³/mol.